The average molecular weight is 289 g/mol. The van der Waals surface area contributed by atoms with Gasteiger partial charge in [0.15, 0.2) is 0 Å². The van der Waals surface area contributed by atoms with E-state index >= 15 is 0 Å². The van der Waals surface area contributed by atoms with Crippen LogP contribution in [0.15, 0.2) is 53.4 Å². The third-order valence-electron chi connectivity index (χ3n) is 3.42. The van der Waals surface area contributed by atoms with E-state index in [1.54, 1.807) is 12.1 Å². The van der Waals surface area contributed by atoms with E-state index in [1.807, 2.05) is 57.2 Å². The molecule has 0 amide bonds. The molecule has 0 saturated carbocycles. The molecular weight excluding hydrogens is 270 g/mol. The summed E-state index contributed by atoms with van der Waals surface area (Å²) in [6.45, 7) is 5.72. The first-order valence-electron chi connectivity index (χ1n) is 6.54. The minimum atomic E-state index is -3.50. The third-order valence-corrected chi connectivity index (χ3v) is 4.96. The van der Waals surface area contributed by atoms with Crippen molar-refractivity contribution in [2.24, 2.45) is 0 Å². The van der Waals surface area contributed by atoms with E-state index in [2.05, 4.69) is 4.72 Å². The topological polar surface area (TPSA) is 46.2 Å². The van der Waals surface area contributed by atoms with Crippen molar-refractivity contribution in [3.05, 3.63) is 65.2 Å². The second kappa shape index (κ2) is 5.77. The van der Waals surface area contributed by atoms with Gasteiger partial charge in [0.05, 0.1) is 4.90 Å². The molecule has 2 aromatic rings. The molecule has 0 fully saturated rings. The Morgan fingerprint density at radius 2 is 1.60 bits per heavy atom. The summed E-state index contributed by atoms with van der Waals surface area (Å²) in [5.41, 5.74) is 3.00. The Hall–Kier alpha value is -1.65. The minimum absolute atomic E-state index is 0.261. The maximum Gasteiger partial charge on any atom is 0.241 e. The molecule has 3 nitrogen and oxygen atoms in total. The standard InChI is InChI=1S/C16H19NO2S/c1-12-9-10-16(11-13(12)2)20(18,19)17-14(3)15-7-5-4-6-8-15/h4-11,14,17H,1-3H3/t14-/m1/s1. The Balaban J connectivity index is 2.25. The van der Waals surface area contributed by atoms with Crippen molar-refractivity contribution >= 4 is 10.0 Å². The first-order chi connectivity index (χ1) is 9.40. The van der Waals surface area contributed by atoms with Gasteiger partial charge in [-0.25, -0.2) is 13.1 Å². The fourth-order valence-electron chi connectivity index (χ4n) is 1.99. The van der Waals surface area contributed by atoms with Crippen LogP contribution < -0.4 is 4.72 Å². The Bertz CT molecular complexity index is 694. The number of rotatable bonds is 4. The smallest absolute Gasteiger partial charge is 0.207 e. The lowest BCUT2D eigenvalue weighted by molar-refractivity contribution is 0.567. The van der Waals surface area contributed by atoms with Crippen LogP contribution in [-0.4, -0.2) is 8.42 Å². The fraction of sp³-hybridized carbons (Fsp3) is 0.250. The molecule has 2 aromatic carbocycles. The largest absolute Gasteiger partial charge is 0.241 e. The molecule has 1 N–H and O–H groups in total. The van der Waals surface area contributed by atoms with Gasteiger partial charge in [-0.2, -0.15) is 0 Å². The minimum Gasteiger partial charge on any atom is -0.207 e. The predicted octanol–water partition coefficient (Wildman–Crippen LogP) is 3.34. The normalized spacial score (nSPS) is 13.2. The van der Waals surface area contributed by atoms with Gasteiger partial charge in [-0.05, 0) is 49.6 Å². The lowest BCUT2D eigenvalue weighted by Crippen LogP contribution is -2.27. The van der Waals surface area contributed by atoms with E-state index in [-0.39, 0.29) is 6.04 Å². The Kier molecular flexibility index (Phi) is 4.26. The van der Waals surface area contributed by atoms with Crippen molar-refractivity contribution in [3.63, 3.8) is 0 Å². The van der Waals surface area contributed by atoms with Crippen LogP contribution in [0.1, 0.15) is 29.7 Å². The maximum absolute atomic E-state index is 12.4. The highest BCUT2D eigenvalue weighted by Crippen LogP contribution is 2.18. The summed E-state index contributed by atoms with van der Waals surface area (Å²) in [5.74, 6) is 0. The highest BCUT2D eigenvalue weighted by molar-refractivity contribution is 7.89. The number of sulfonamides is 1. The van der Waals surface area contributed by atoms with Gasteiger partial charge in [-0.15, -0.1) is 0 Å². The van der Waals surface area contributed by atoms with Crippen molar-refractivity contribution in [1.29, 1.82) is 0 Å². The predicted molar refractivity (Wildman–Crippen MR) is 81.1 cm³/mol. The van der Waals surface area contributed by atoms with Crippen LogP contribution in [0.25, 0.3) is 0 Å². The third kappa shape index (κ3) is 3.26. The number of nitrogens with one attached hydrogen (secondary N) is 1. The highest BCUT2D eigenvalue weighted by Gasteiger charge is 2.18. The lowest BCUT2D eigenvalue weighted by atomic mass is 10.1. The first kappa shape index (κ1) is 14.8. The van der Waals surface area contributed by atoms with Crippen molar-refractivity contribution < 1.29 is 8.42 Å². The maximum atomic E-state index is 12.4. The van der Waals surface area contributed by atoms with Gasteiger partial charge in [0.2, 0.25) is 10.0 Å². The average Bonchev–Trinajstić information content (AvgIpc) is 2.42. The first-order valence-corrected chi connectivity index (χ1v) is 8.03. The summed E-state index contributed by atoms with van der Waals surface area (Å²) < 4.78 is 27.4. The Morgan fingerprint density at radius 1 is 0.950 bits per heavy atom. The van der Waals surface area contributed by atoms with Crippen LogP contribution in [-0.2, 0) is 10.0 Å². The van der Waals surface area contributed by atoms with Gasteiger partial charge in [-0.1, -0.05) is 36.4 Å². The van der Waals surface area contributed by atoms with Crippen LogP contribution in [0.4, 0.5) is 0 Å². The second-order valence-electron chi connectivity index (χ2n) is 5.00. The van der Waals surface area contributed by atoms with Crippen LogP contribution >= 0.6 is 0 Å². The molecule has 0 saturated heterocycles. The number of benzene rings is 2. The van der Waals surface area contributed by atoms with Gasteiger partial charge in [0, 0.05) is 6.04 Å². The zero-order valence-corrected chi connectivity index (χ0v) is 12.7. The summed E-state index contributed by atoms with van der Waals surface area (Å²) >= 11 is 0. The van der Waals surface area contributed by atoms with E-state index in [1.165, 1.54) is 0 Å². The van der Waals surface area contributed by atoms with E-state index in [0.29, 0.717) is 4.90 Å². The van der Waals surface area contributed by atoms with Crippen LogP contribution in [0.3, 0.4) is 0 Å². The summed E-state index contributed by atoms with van der Waals surface area (Å²) in [4.78, 5) is 0.309. The van der Waals surface area contributed by atoms with E-state index < -0.39 is 10.0 Å². The van der Waals surface area contributed by atoms with Crippen LogP contribution in [0, 0.1) is 13.8 Å². The summed E-state index contributed by atoms with van der Waals surface area (Å²) in [7, 11) is -3.50. The molecule has 0 aliphatic rings. The Morgan fingerprint density at radius 3 is 2.20 bits per heavy atom. The van der Waals surface area contributed by atoms with Crippen LogP contribution in [0.2, 0.25) is 0 Å². The Labute approximate surface area is 120 Å². The molecule has 0 aliphatic heterocycles. The number of hydrogen-bond acceptors (Lipinski definition) is 2. The number of hydrogen-bond donors (Lipinski definition) is 1. The molecule has 4 heteroatoms. The molecule has 0 bridgehead atoms. The molecule has 1 atom stereocenters. The van der Waals surface area contributed by atoms with E-state index in [0.717, 1.165) is 16.7 Å². The van der Waals surface area contributed by atoms with Gasteiger partial charge >= 0.3 is 0 Å². The van der Waals surface area contributed by atoms with Gasteiger partial charge in [0.1, 0.15) is 0 Å². The molecule has 0 unspecified atom stereocenters. The van der Waals surface area contributed by atoms with E-state index in [9.17, 15) is 8.42 Å². The SMILES string of the molecule is Cc1ccc(S(=O)(=O)N[C@H](C)c2ccccc2)cc1C. The fourth-order valence-corrected chi connectivity index (χ4v) is 3.31. The highest BCUT2D eigenvalue weighted by atomic mass is 32.2. The molecule has 0 heterocycles. The molecule has 0 aromatic heterocycles. The lowest BCUT2D eigenvalue weighted by Gasteiger charge is -2.15. The molecule has 20 heavy (non-hydrogen) atoms. The zero-order chi connectivity index (χ0) is 14.8. The monoisotopic (exact) mass is 289 g/mol. The van der Waals surface area contributed by atoms with Crippen molar-refractivity contribution in [3.8, 4) is 0 Å². The van der Waals surface area contributed by atoms with Crippen molar-refractivity contribution in [2.75, 3.05) is 0 Å². The van der Waals surface area contributed by atoms with Crippen LogP contribution in [0.5, 0.6) is 0 Å². The van der Waals surface area contributed by atoms with Gasteiger partial charge < -0.3 is 0 Å². The summed E-state index contributed by atoms with van der Waals surface area (Å²) in [6.07, 6.45) is 0. The molecule has 2 rings (SSSR count). The van der Waals surface area contributed by atoms with Crippen molar-refractivity contribution in [2.45, 2.75) is 31.7 Å². The second-order valence-corrected chi connectivity index (χ2v) is 6.71. The molecule has 106 valence electrons. The summed E-state index contributed by atoms with van der Waals surface area (Å²) in [6, 6.07) is 14.4. The van der Waals surface area contributed by atoms with E-state index in [4.69, 9.17) is 0 Å². The molecule has 0 spiro atoms. The quantitative estimate of drug-likeness (QED) is 0.938. The molecular formula is C16H19NO2S. The number of aryl methyl sites for hydroxylation is 2. The van der Waals surface area contributed by atoms with Crippen molar-refractivity contribution in [1.82, 2.24) is 4.72 Å². The zero-order valence-electron chi connectivity index (χ0n) is 11.9. The molecule has 0 aliphatic carbocycles. The van der Waals surface area contributed by atoms with Gasteiger partial charge in [0.25, 0.3) is 0 Å². The van der Waals surface area contributed by atoms with Gasteiger partial charge in [-0.3, -0.25) is 0 Å². The molecule has 0 radical (unpaired) electrons. The summed E-state index contributed by atoms with van der Waals surface area (Å²) in [5, 5.41) is 0.